The Morgan fingerprint density at radius 2 is 1.48 bits per heavy atom. The Labute approximate surface area is 170 Å². The standard InChI is InChI=1S/C20H20IN3O3/c1-22-16-7-3-14(4-8-16)12-23-18(21)11-19(25)24(20(23)26)13-15-5-9-17(27-2)10-6-15/h3-11,22H,12-13H2,1-2H3. The van der Waals surface area contributed by atoms with Gasteiger partial charge < -0.3 is 10.1 Å². The van der Waals surface area contributed by atoms with Gasteiger partial charge in [0.25, 0.3) is 5.56 Å². The predicted octanol–water partition coefficient (Wildman–Crippen LogP) is 2.76. The van der Waals surface area contributed by atoms with Crippen molar-refractivity contribution in [1.82, 2.24) is 9.13 Å². The van der Waals surface area contributed by atoms with Crippen LogP contribution in [0.2, 0.25) is 0 Å². The van der Waals surface area contributed by atoms with Gasteiger partial charge >= 0.3 is 5.69 Å². The number of aromatic nitrogens is 2. The van der Waals surface area contributed by atoms with Crippen molar-refractivity contribution in [3.05, 3.63) is 90.3 Å². The van der Waals surface area contributed by atoms with E-state index in [-0.39, 0.29) is 17.8 Å². The first-order valence-corrected chi connectivity index (χ1v) is 9.49. The molecular formula is C20H20IN3O3. The zero-order valence-corrected chi connectivity index (χ0v) is 17.3. The van der Waals surface area contributed by atoms with Crippen molar-refractivity contribution in [1.29, 1.82) is 0 Å². The smallest absolute Gasteiger partial charge is 0.332 e. The number of hydrogen-bond donors (Lipinski definition) is 1. The Morgan fingerprint density at radius 1 is 0.926 bits per heavy atom. The molecule has 3 aromatic rings. The van der Waals surface area contributed by atoms with Gasteiger partial charge in [-0.3, -0.25) is 13.9 Å². The number of nitrogens with one attached hydrogen (secondary N) is 1. The summed E-state index contributed by atoms with van der Waals surface area (Å²) in [5.41, 5.74) is 2.23. The fourth-order valence-corrected chi connectivity index (χ4v) is 3.39. The highest BCUT2D eigenvalue weighted by atomic mass is 127. The number of nitrogens with zero attached hydrogens (tertiary/aromatic N) is 2. The summed E-state index contributed by atoms with van der Waals surface area (Å²) in [5, 5.41) is 3.07. The summed E-state index contributed by atoms with van der Waals surface area (Å²) < 4.78 is 8.63. The van der Waals surface area contributed by atoms with Crippen molar-refractivity contribution in [3.63, 3.8) is 0 Å². The molecule has 2 aromatic carbocycles. The summed E-state index contributed by atoms with van der Waals surface area (Å²) >= 11 is 2.03. The zero-order valence-electron chi connectivity index (χ0n) is 15.1. The van der Waals surface area contributed by atoms with Crippen LogP contribution in [0.15, 0.2) is 64.2 Å². The molecule has 7 heteroatoms. The summed E-state index contributed by atoms with van der Waals surface area (Å²) in [7, 11) is 3.46. The third-order valence-corrected chi connectivity index (χ3v) is 5.21. The van der Waals surface area contributed by atoms with E-state index in [1.807, 2.05) is 78.2 Å². The molecule has 0 aliphatic carbocycles. The predicted molar refractivity (Wildman–Crippen MR) is 115 cm³/mol. The molecule has 3 rings (SSSR count). The lowest BCUT2D eigenvalue weighted by Gasteiger charge is -2.13. The number of benzene rings is 2. The molecule has 1 heterocycles. The molecule has 0 saturated carbocycles. The Balaban J connectivity index is 1.94. The summed E-state index contributed by atoms with van der Waals surface area (Å²) in [6.45, 7) is 0.626. The maximum atomic E-state index is 12.9. The highest BCUT2D eigenvalue weighted by Crippen LogP contribution is 2.13. The minimum atomic E-state index is -0.319. The molecule has 0 bridgehead atoms. The van der Waals surface area contributed by atoms with Crippen LogP contribution in [-0.4, -0.2) is 23.3 Å². The van der Waals surface area contributed by atoms with Crippen molar-refractivity contribution >= 4 is 28.3 Å². The summed E-state index contributed by atoms with van der Waals surface area (Å²) in [5.74, 6) is 0.733. The monoisotopic (exact) mass is 477 g/mol. The van der Waals surface area contributed by atoms with Gasteiger partial charge in [0.2, 0.25) is 0 Å². The minimum Gasteiger partial charge on any atom is -0.497 e. The van der Waals surface area contributed by atoms with Crippen LogP contribution in [0.5, 0.6) is 5.75 Å². The average molecular weight is 477 g/mol. The average Bonchev–Trinajstić information content (AvgIpc) is 2.69. The van der Waals surface area contributed by atoms with Crippen molar-refractivity contribution < 1.29 is 4.74 Å². The number of anilines is 1. The second kappa shape index (κ2) is 8.43. The molecule has 6 nitrogen and oxygen atoms in total. The second-order valence-corrected chi connectivity index (χ2v) is 7.16. The molecule has 0 fully saturated rings. The topological polar surface area (TPSA) is 65.3 Å². The summed E-state index contributed by atoms with van der Waals surface area (Å²) in [6, 6.07) is 16.7. The van der Waals surface area contributed by atoms with E-state index in [0.717, 1.165) is 22.6 Å². The molecule has 1 N–H and O–H groups in total. The van der Waals surface area contributed by atoms with Crippen molar-refractivity contribution in [2.45, 2.75) is 13.1 Å². The van der Waals surface area contributed by atoms with E-state index in [1.165, 1.54) is 10.6 Å². The number of halogens is 1. The number of hydrogen-bond acceptors (Lipinski definition) is 4. The first-order chi connectivity index (χ1) is 13.0. The second-order valence-electron chi connectivity index (χ2n) is 6.06. The van der Waals surface area contributed by atoms with Crippen molar-refractivity contribution in [2.75, 3.05) is 19.5 Å². The summed E-state index contributed by atoms with van der Waals surface area (Å²) in [4.78, 5) is 25.3. The molecule has 0 unspecified atom stereocenters. The molecule has 0 radical (unpaired) electrons. The minimum absolute atomic E-state index is 0.220. The molecule has 140 valence electrons. The van der Waals surface area contributed by atoms with Crippen LogP contribution < -0.4 is 21.3 Å². The zero-order chi connectivity index (χ0) is 19.4. The van der Waals surface area contributed by atoms with Crippen molar-refractivity contribution in [2.24, 2.45) is 0 Å². The van der Waals surface area contributed by atoms with E-state index >= 15 is 0 Å². The first kappa shape index (κ1) is 19.2. The Bertz CT molecular complexity index is 1040. The van der Waals surface area contributed by atoms with E-state index in [9.17, 15) is 9.59 Å². The van der Waals surface area contributed by atoms with Gasteiger partial charge in [-0.2, -0.15) is 0 Å². The van der Waals surface area contributed by atoms with Gasteiger partial charge in [-0.25, -0.2) is 4.79 Å². The van der Waals surface area contributed by atoms with Crippen LogP contribution in [0.3, 0.4) is 0 Å². The van der Waals surface area contributed by atoms with Gasteiger partial charge in [-0.15, -0.1) is 0 Å². The van der Waals surface area contributed by atoms with Gasteiger partial charge in [-0.05, 0) is 58.0 Å². The molecule has 0 atom stereocenters. The van der Waals surface area contributed by atoms with Gasteiger partial charge in [-0.1, -0.05) is 24.3 Å². The SMILES string of the molecule is CNc1ccc(Cn2c(I)cc(=O)n(Cc3ccc(OC)cc3)c2=O)cc1. The van der Waals surface area contributed by atoms with Crippen LogP contribution in [0.25, 0.3) is 0 Å². The molecule has 0 saturated heterocycles. The molecule has 0 amide bonds. The van der Waals surface area contributed by atoms with Crippen LogP contribution in [-0.2, 0) is 13.1 Å². The fourth-order valence-electron chi connectivity index (χ4n) is 2.75. The van der Waals surface area contributed by atoms with Crippen LogP contribution in [0.4, 0.5) is 5.69 Å². The van der Waals surface area contributed by atoms with Gasteiger partial charge in [0.05, 0.1) is 23.9 Å². The van der Waals surface area contributed by atoms with E-state index < -0.39 is 0 Å². The molecule has 0 spiro atoms. The lowest BCUT2D eigenvalue weighted by molar-refractivity contribution is 0.414. The van der Waals surface area contributed by atoms with Gasteiger partial charge in [0, 0.05) is 18.8 Å². The molecular weight excluding hydrogens is 457 g/mol. The quantitative estimate of drug-likeness (QED) is 0.438. The Hall–Kier alpha value is -2.55. The Kier molecular flexibility index (Phi) is 6.00. The van der Waals surface area contributed by atoms with Crippen LogP contribution in [0, 0.1) is 3.70 Å². The summed E-state index contributed by atoms with van der Waals surface area (Å²) in [6.07, 6.45) is 0. The lowest BCUT2D eigenvalue weighted by Crippen LogP contribution is -2.41. The van der Waals surface area contributed by atoms with E-state index in [2.05, 4.69) is 5.32 Å². The highest BCUT2D eigenvalue weighted by Gasteiger charge is 2.11. The largest absolute Gasteiger partial charge is 0.497 e. The van der Waals surface area contributed by atoms with E-state index in [0.29, 0.717) is 10.2 Å². The van der Waals surface area contributed by atoms with E-state index in [4.69, 9.17) is 4.74 Å². The van der Waals surface area contributed by atoms with Gasteiger partial charge in [0.1, 0.15) is 5.75 Å². The molecule has 27 heavy (non-hydrogen) atoms. The number of rotatable bonds is 6. The number of methoxy groups -OCH3 is 1. The Morgan fingerprint density at radius 3 is 2.04 bits per heavy atom. The molecule has 1 aromatic heterocycles. The first-order valence-electron chi connectivity index (χ1n) is 8.41. The normalized spacial score (nSPS) is 10.6. The molecule has 0 aliphatic rings. The van der Waals surface area contributed by atoms with Crippen LogP contribution in [0.1, 0.15) is 11.1 Å². The lowest BCUT2D eigenvalue weighted by atomic mass is 10.2. The highest BCUT2D eigenvalue weighted by molar-refractivity contribution is 14.1. The van der Waals surface area contributed by atoms with E-state index in [1.54, 1.807) is 11.7 Å². The fraction of sp³-hybridized carbons (Fsp3) is 0.200. The maximum Gasteiger partial charge on any atom is 0.332 e. The maximum absolute atomic E-state index is 12.9. The van der Waals surface area contributed by atoms with Gasteiger partial charge in [0.15, 0.2) is 0 Å². The van der Waals surface area contributed by atoms with Crippen LogP contribution >= 0.6 is 22.6 Å². The number of ether oxygens (including phenoxy) is 1. The third-order valence-electron chi connectivity index (χ3n) is 4.31. The third kappa shape index (κ3) is 4.41. The molecule has 0 aliphatic heterocycles. The van der Waals surface area contributed by atoms with Crippen molar-refractivity contribution in [3.8, 4) is 5.75 Å².